The van der Waals surface area contributed by atoms with Crippen LogP contribution in [0.25, 0.3) is 11.3 Å². The Kier molecular flexibility index (Phi) is 6.15. The highest BCUT2D eigenvalue weighted by Crippen LogP contribution is 2.20. The molecule has 0 radical (unpaired) electrons. The Bertz CT molecular complexity index is 878. The van der Waals surface area contributed by atoms with Crippen LogP contribution in [0.3, 0.4) is 0 Å². The van der Waals surface area contributed by atoms with E-state index in [0.29, 0.717) is 18.2 Å². The summed E-state index contributed by atoms with van der Waals surface area (Å²) in [5, 5.41) is 2.89. The lowest BCUT2D eigenvalue weighted by Crippen LogP contribution is -2.28. The van der Waals surface area contributed by atoms with Crippen molar-refractivity contribution in [2.75, 3.05) is 6.61 Å². The zero-order chi connectivity index (χ0) is 19.1. The number of nitrogens with zero attached hydrogens (tertiary/aromatic N) is 2. The first-order valence-electron chi connectivity index (χ1n) is 8.97. The van der Waals surface area contributed by atoms with Gasteiger partial charge in [0, 0.05) is 30.7 Å². The largest absolute Gasteiger partial charge is 0.484 e. The molecule has 27 heavy (non-hydrogen) atoms. The zero-order valence-electron chi connectivity index (χ0n) is 15.6. The third-order valence-electron chi connectivity index (χ3n) is 4.24. The zero-order valence-corrected chi connectivity index (χ0v) is 15.6. The minimum absolute atomic E-state index is 0.0219. The highest BCUT2D eigenvalue weighted by atomic mass is 16.5. The Morgan fingerprint density at radius 2 is 1.78 bits per heavy atom. The van der Waals surface area contributed by atoms with Gasteiger partial charge >= 0.3 is 0 Å². The molecule has 0 atom stereocenters. The first-order valence-corrected chi connectivity index (χ1v) is 8.97. The molecule has 0 saturated carbocycles. The van der Waals surface area contributed by atoms with E-state index in [0.717, 1.165) is 16.8 Å². The molecule has 2 aromatic heterocycles. The van der Waals surface area contributed by atoms with Crippen LogP contribution in [0.15, 0.2) is 67.1 Å². The Morgan fingerprint density at radius 1 is 1.04 bits per heavy atom. The van der Waals surface area contributed by atoms with Crippen LogP contribution >= 0.6 is 0 Å². The van der Waals surface area contributed by atoms with E-state index >= 15 is 0 Å². The van der Waals surface area contributed by atoms with Crippen LogP contribution in [0.2, 0.25) is 0 Å². The van der Waals surface area contributed by atoms with Crippen molar-refractivity contribution in [2.45, 2.75) is 26.3 Å². The molecule has 1 aromatic carbocycles. The van der Waals surface area contributed by atoms with E-state index in [1.165, 1.54) is 5.56 Å². The molecule has 5 nitrogen and oxygen atoms in total. The van der Waals surface area contributed by atoms with Crippen molar-refractivity contribution in [2.24, 2.45) is 0 Å². The summed E-state index contributed by atoms with van der Waals surface area (Å²) in [6.45, 7) is 4.65. The monoisotopic (exact) mass is 361 g/mol. The highest BCUT2D eigenvalue weighted by molar-refractivity contribution is 5.77. The molecule has 0 aliphatic carbocycles. The summed E-state index contributed by atoms with van der Waals surface area (Å²) in [7, 11) is 0. The molecule has 3 aromatic rings. The number of ether oxygens (including phenoxy) is 1. The van der Waals surface area contributed by atoms with Crippen LogP contribution in [-0.4, -0.2) is 22.5 Å². The van der Waals surface area contributed by atoms with Gasteiger partial charge in [0.25, 0.3) is 5.91 Å². The molecule has 0 saturated heterocycles. The van der Waals surface area contributed by atoms with Gasteiger partial charge < -0.3 is 10.1 Å². The number of hydrogen-bond donors (Lipinski definition) is 1. The molecule has 0 bridgehead atoms. The molecule has 0 spiro atoms. The maximum atomic E-state index is 12.1. The normalized spacial score (nSPS) is 10.6. The standard InChI is InChI=1S/C22H23N3O2/c1-16(2)17-5-7-20(8-6-17)27-15-21(26)25-14-19-4-3-11-24-22(19)18-9-12-23-13-10-18/h3-13,16H,14-15H2,1-2H3,(H,25,26). The van der Waals surface area contributed by atoms with Gasteiger partial charge in [-0.05, 0) is 47.4 Å². The third-order valence-corrected chi connectivity index (χ3v) is 4.24. The Hall–Kier alpha value is -3.21. The lowest BCUT2D eigenvalue weighted by molar-refractivity contribution is -0.123. The van der Waals surface area contributed by atoms with Gasteiger partial charge in [-0.15, -0.1) is 0 Å². The summed E-state index contributed by atoms with van der Waals surface area (Å²) in [6.07, 6.45) is 5.20. The number of carbonyl (C=O) groups excluding carboxylic acids is 1. The predicted octanol–water partition coefficient (Wildman–Crippen LogP) is 3.96. The summed E-state index contributed by atoms with van der Waals surface area (Å²) in [5.41, 5.74) is 3.99. The number of rotatable bonds is 7. The molecule has 0 fully saturated rings. The number of pyridine rings is 2. The first-order chi connectivity index (χ1) is 13.1. The molecule has 2 heterocycles. The topological polar surface area (TPSA) is 64.1 Å². The van der Waals surface area contributed by atoms with Crippen molar-refractivity contribution < 1.29 is 9.53 Å². The molecular weight excluding hydrogens is 338 g/mol. The van der Waals surface area contributed by atoms with Crippen molar-refractivity contribution in [1.29, 1.82) is 0 Å². The van der Waals surface area contributed by atoms with Gasteiger partial charge in [-0.25, -0.2) is 0 Å². The molecular formula is C22H23N3O2. The lowest BCUT2D eigenvalue weighted by Gasteiger charge is -2.11. The van der Waals surface area contributed by atoms with E-state index in [9.17, 15) is 4.79 Å². The van der Waals surface area contributed by atoms with Gasteiger partial charge in [-0.2, -0.15) is 0 Å². The minimum atomic E-state index is -0.174. The smallest absolute Gasteiger partial charge is 0.258 e. The quantitative estimate of drug-likeness (QED) is 0.692. The van der Waals surface area contributed by atoms with Gasteiger partial charge in [-0.3, -0.25) is 14.8 Å². The molecule has 1 amide bonds. The van der Waals surface area contributed by atoms with Gasteiger partial charge in [0.05, 0.1) is 5.69 Å². The maximum absolute atomic E-state index is 12.1. The van der Waals surface area contributed by atoms with Crippen molar-refractivity contribution in [3.05, 3.63) is 78.2 Å². The Labute approximate surface area is 159 Å². The Morgan fingerprint density at radius 3 is 2.48 bits per heavy atom. The van der Waals surface area contributed by atoms with Crippen LogP contribution in [0.4, 0.5) is 0 Å². The number of hydrogen-bond acceptors (Lipinski definition) is 4. The van der Waals surface area contributed by atoms with Crippen LogP contribution in [0.1, 0.15) is 30.9 Å². The summed E-state index contributed by atoms with van der Waals surface area (Å²) in [4.78, 5) is 20.6. The summed E-state index contributed by atoms with van der Waals surface area (Å²) in [6, 6.07) is 15.4. The van der Waals surface area contributed by atoms with Gasteiger partial charge in [-0.1, -0.05) is 32.0 Å². The van der Waals surface area contributed by atoms with E-state index in [-0.39, 0.29) is 12.5 Å². The van der Waals surface area contributed by atoms with Crippen LogP contribution in [0.5, 0.6) is 5.75 Å². The second-order valence-electron chi connectivity index (χ2n) is 6.54. The number of carbonyl (C=O) groups is 1. The molecule has 0 aliphatic rings. The van der Waals surface area contributed by atoms with Crippen LogP contribution < -0.4 is 10.1 Å². The number of nitrogens with one attached hydrogen (secondary N) is 1. The van der Waals surface area contributed by atoms with Crippen molar-refractivity contribution in [1.82, 2.24) is 15.3 Å². The SMILES string of the molecule is CC(C)c1ccc(OCC(=O)NCc2cccnc2-c2ccncc2)cc1. The second kappa shape index (κ2) is 8.94. The fraction of sp³-hybridized carbons (Fsp3) is 0.227. The molecule has 1 N–H and O–H groups in total. The molecule has 0 aliphatic heterocycles. The molecule has 0 unspecified atom stereocenters. The van der Waals surface area contributed by atoms with E-state index in [1.807, 2.05) is 48.5 Å². The Balaban J connectivity index is 1.55. The molecule has 5 heteroatoms. The summed E-state index contributed by atoms with van der Waals surface area (Å²) in [5.74, 6) is 0.984. The first kappa shape index (κ1) is 18.6. The van der Waals surface area contributed by atoms with E-state index in [4.69, 9.17) is 4.74 Å². The van der Waals surface area contributed by atoms with Crippen LogP contribution in [-0.2, 0) is 11.3 Å². The van der Waals surface area contributed by atoms with E-state index in [2.05, 4.69) is 29.1 Å². The van der Waals surface area contributed by atoms with Crippen molar-refractivity contribution >= 4 is 5.91 Å². The maximum Gasteiger partial charge on any atom is 0.258 e. The average molecular weight is 361 g/mol. The highest BCUT2D eigenvalue weighted by Gasteiger charge is 2.09. The average Bonchev–Trinajstić information content (AvgIpc) is 2.72. The van der Waals surface area contributed by atoms with E-state index < -0.39 is 0 Å². The van der Waals surface area contributed by atoms with E-state index in [1.54, 1.807) is 18.6 Å². The fourth-order valence-corrected chi connectivity index (χ4v) is 2.69. The van der Waals surface area contributed by atoms with Crippen molar-refractivity contribution in [3.63, 3.8) is 0 Å². The molecule has 3 rings (SSSR count). The van der Waals surface area contributed by atoms with Crippen molar-refractivity contribution in [3.8, 4) is 17.0 Å². The minimum Gasteiger partial charge on any atom is -0.484 e. The second-order valence-corrected chi connectivity index (χ2v) is 6.54. The van der Waals surface area contributed by atoms with Crippen LogP contribution in [0, 0.1) is 0 Å². The predicted molar refractivity (Wildman–Crippen MR) is 105 cm³/mol. The summed E-state index contributed by atoms with van der Waals surface area (Å²) < 4.78 is 5.57. The third kappa shape index (κ3) is 5.14. The summed E-state index contributed by atoms with van der Waals surface area (Å²) >= 11 is 0. The van der Waals surface area contributed by atoms with Gasteiger partial charge in [0.1, 0.15) is 5.75 Å². The van der Waals surface area contributed by atoms with Gasteiger partial charge in [0.2, 0.25) is 0 Å². The van der Waals surface area contributed by atoms with Gasteiger partial charge in [0.15, 0.2) is 6.61 Å². The number of benzene rings is 1. The molecule has 138 valence electrons. The number of aromatic nitrogens is 2. The lowest BCUT2D eigenvalue weighted by atomic mass is 10.0. The fourth-order valence-electron chi connectivity index (χ4n) is 2.69. The number of amides is 1.